The van der Waals surface area contributed by atoms with Gasteiger partial charge in [0.1, 0.15) is 16.8 Å². The number of aromatic nitrogens is 4. The number of aryl methyl sites for hydroxylation is 1. The van der Waals surface area contributed by atoms with E-state index in [2.05, 4.69) is 20.4 Å². The summed E-state index contributed by atoms with van der Waals surface area (Å²) in [5, 5.41) is 6.97. The van der Waals surface area contributed by atoms with Crippen molar-refractivity contribution in [3.63, 3.8) is 0 Å². The van der Waals surface area contributed by atoms with E-state index < -0.39 is 0 Å². The summed E-state index contributed by atoms with van der Waals surface area (Å²) in [6.07, 6.45) is 4.03. The lowest BCUT2D eigenvalue weighted by Crippen LogP contribution is -2.28. The van der Waals surface area contributed by atoms with Crippen LogP contribution in [0.1, 0.15) is 23.2 Å². The molecule has 0 bridgehead atoms. The van der Waals surface area contributed by atoms with Crippen molar-refractivity contribution in [3.8, 4) is 16.9 Å². The van der Waals surface area contributed by atoms with Crippen LogP contribution in [0.2, 0.25) is 0 Å². The Hall–Kier alpha value is -4.47. The van der Waals surface area contributed by atoms with Gasteiger partial charge in [-0.25, -0.2) is 4.98 Å². The van der Waals surface area contributed by atoms with Gasteiger partial charge >= 0.3 is 0 Å². The van der Waals surface area contributed by atoms with Gasteiger partial charge in [-0.05, 0) is 36.4 Å². The Bertz CT molecular complexity index is 1390. The van der Waals surface area contributed by atoms with E-state index in [1.165, 1.54) is 0 Å². The van der Waals surface area contributed by atoms with Gasteiger partial charge in [-0.1, -0.05) is 0 Å². The molecule has 10 heteroatoms. The summed E-state index contributed by atoms with van der Waals surface area (Å²) in [5.74, 6) is -0.00850. The Balaban J connectivity index is 1.42. The van der Waals surface area contributed by atoms with Crippen molar-refractivity contribution in [2.24, 2.45) is 7.05 Å². The molecule has 1 aliphatic heterocycles. The quantitative estimate of drug-likeness (QED) is 0.457. The fraction of sp³-hybridized carbons (Fsp3) is 0.174. The molecule has 1 saturated heterocycles. The number of rotatable bonds is 5. The minimum Gasteiger partial charge on any atom is -0.494 e. The van der Waals surface area contributed by atoms with Gasteiger partial charge in [0, 0.05) is 42.8 Å². The molecule has 3 heterocycles. The monoisotopic (exact) mass is 444 g/mol. The van der Waals surface area contributed by atoms with Gasteiger partial charge in [0.05, 0.1) is 19.0 Å². The van der Waals surface area contributed by atoms with Gasteiger partial charge in [-0.15, -0.1) is 0 Å². The molecule has 0 spiro atoms. The van der Waals surface area contributed by atoms with Crippen LogP contribution in [0.4, 0.5) is 11.6 Å². The molecular weight excluding hydrogens is 424 g/mol. The van der Waals surface area contributed by atoms with E-state index in [1.54, 1.807) is 42.3 Å². The van der Waals surface area contributed by atoms with Crippen molar-refractivity contribution in [2.45, 2.75) is 12.8 Å². The van der Waals surface area contributed by atoms with E-state index in [4.69, 9.17) is 4.74 Å². The third kappa shape index (κ3) is 3.61. The lowest BCUT2D eigenvalue weighted by atomic mass is 10.1. The normalized spacial score (nSPS) is 13.7. The van der Waals surface area contributed by atoms with Gasteiger partial charge in [0.25, 0.3) is 5.91 Å². The van der Waals surface area contributed by atoms with Crippen molar-refractivity contribution in [2.75, 3.05) is 17.3 Å². The minimum absolute atomic E-state index is 0.206. The number of nitrogens with one attached hydrogen (secondary N) is 2. The molecular formula is C23H20N6O4. The molecule has 2 aromatic carbocycles. The van der Waals surface area contributed by atoms with Crippen LogP contribution in [0.5, 0.6) is 5.75 Å². The number of imide groups is 1. The zero-order valence-corrected chi connectivity index (χ0v) is 18.0. The smallest absolute Gasteiger partial charge is 0.257 e. The number of benzene rings is 2. The highest BCUT2D eigenvalue weighted by Gasteiger charge is 2.30. The summed E-state index contributed by atoms with van der Waals surface area (Å²) < 4.78 is 7.14. The summed E-state index contributed by atoms with van der Waals surface area (Å²) in [7, 11) is 3.40. The molecule has 0 saturated carbocycles. The van der Waals surface area contributed by atoms with Crippen molar-refractivity contribution >= 4 is 40.4 Å². The molecule has 166 valence electrons. The molecule has 0 aliphatic carbocycles. The minimum atomic E-state index is -0.387. The second-order valence-corrected chi connectivity index (χ2v) is 7.65. The number of carbonyl (C=O) groups is 3. The van der Waals surface area contributed by atoms with E-state index in [-0.39, 0.29) is 36.5 Å². The Morgan fingerprint density at radius 2 is 1.82 bits per heavy atom. The number of anilines is 2. The molecule has 3 amide bonds. The molecule has 0 atom stereocenters. The van der Waals surface area contributed by atoms with E-state index in [9.17, 15) is 14.4 Å². The van der Waals surface area contributed by atoms with Crippen LogP contribution in [0.3, 0.4) is 0 Å². The number of H-pyrrole nitrogens is 1. The fourth-order valence-corrected chi connectivity index (χ4v) is 3.90. The van der Waals surface area contributed by atoms with Crippen LogP contribution in [0, 0.1) is 0 Å². The van der Waals surface area contributed by atoms with E-state index in [0.29, 0.717) is 28.0 Å². The maximum atomic E-state index is 12.8. The first-order chi connectivity index (χ1) is 15.9. The number of carbonyl (C=O) groups excluding carboxylic acids is 3. The Morgan fingerprint density at radius 3 is 2.45 bits per heavy atom. The highest BCUT2D eigenvalue weighted by atomic mass is 16.5. The standard InChI is InChI=1S/C23H20N6O4/c1-28-12-14(11-24-28)16-7-8-17(33-2)21-20(16)25-23(26-21)27-22(32)13-3-5-15(6-4-13)29-18(30)9-10-19(29)31/h3-8,11-12H,9-10H2,1-2H3,(H2,25,26,27,32). The summed E-state index contributed by atoms with van der Waals surface area (Å²) >= 11 is 0. The van der Waals surface area contributed by atoms with Crippen molar-refractivity contribution in [1.29, 1.82) is 0 Å². The molecule has 10 nitrogen and oxygen atoms in total. The van der Waals surface area contributed by atoms with Gasteiger partial charge in [-0.3, -0.25) is 29.3 Å². The van der Waals surface area contributed by atoms with Crippen LogP contribution in [-0.2, 0) is 16.6 Å². The highest BCUT2D eigenvalue weighted by Crippen LogP contribution is 2.34. The number of amides is 3. The number of methoxy groups -OCH3 is 1. The Morgan fingerprint density at radius 1 is 1.09 bits per heavy atom. The van der Waals surface area contributed by atoms with Crippen molar-refractivity contribution < 1.29 is 19.1 Å². The van der Waals surface area contributed by atoms with Gasteiger partial charge in [-0.2, -0.15) is 5.10 Å². The van der Waals surface area contributed by atoms with Gasteiger partial charge < -0.3 is 9.72 Å². The third-order valence-electron chi connectivity index (χ3n) is 5.51. The van der Waals surface area contributed by atoms with E-state index in [1.807, 2.05) is 25.4 Å². The number of hydrogen-bond donors (Lipinski definition) is 2. The van der Waals surface area contributed by atoms with E-state index >= 15 is 0 Å². The Kier molecular flexibility index (Phi) is 4.89. The summed E-state index contributed by atoms with van der Waals surface area (Å²) in [5.41, 5.74) is 3.83. The zero-order valence-electron chi connectivity index (χ0n) is 18.0. The number of nitrogens with zero attached hydrogens (tertiary/aromatic N) is 4. The number of fused-ring (bicyclic) bond motifs is 1. The molecule has 0 radical (unpaired) electrons. The van der Waals surface area contributed by atoms with Crippen molar-refractivity contribution in [3.05, 3.63) is 54.4 Å². The van der Waals surface area contributed by atoms with Crippen LogP contribution in [0.25, 0.3) is 22.2 Å². The largest absolute Gasteiger partial charge is 0.494 e. The second-order valence-electron chi connectivity index (χ2n) is 7.65. The predicted molar refractivity (Wildman–Crippen MR) is 121 cm³/mol. The predicted octanol–water partition coefficient (Wildman–Crippen LogP) is 2.88. The topological polar surface area (TPSA) is 122 Å². The first kappa shape index (κ1) is 20.4. The molecule has 4 aromatic rings. The highest BCUT2D eigenvalue weighted by molar-refractivity contribution is 6.20. The molecule has 1 fully saturated rings. The third-order valence-corrected chi connectivity index (χ3v) is 5.51. The molecule has 2 N–H and O–H groups in total. The first-order valence-corrected chi connectivity index (χ1v) is 10.3. The molecule has 0 unspecified atom stereocenters. The summed E-state index contributed by atoms with van der Waals surface area (Å²) in [4.78, 5) is 45.4. The maximum Gasteiger partial charge on any atom is 0.257 e. The number of ether oxygens (including phenoxy) is 1. The van der Waals surface area contributed by atoms with Crippen molar-refractivity contribution in [1.82, 2.24) is 19.7 Å². The van der Waals surface area contributed by atoms with E-state index in [0.717, 1.165) is 16.0 Å². The van der Waals surface area contributed by atoms with Gasteiger partial charge in [0.2, 0.25) is 17.8 Å². The van der Waals surface area contributed by atoms with Crippen LogP contribution in [0.15, 0.2) is 48.8 Å². The van der Waals surface area contributed by atoms with Crippen LogP contribution in [-0.4, -0.2) is 44.6 Å². The summed E-state index contributed by atoms with van der Waals surface area (Å²) in [6.45, 7) is 0. The lowest BCUT2D eigenvalue weighted by Gasteiger charge is -2.13. The molecule has 5 rings (SSSR count). The molecule has 1 aliphatic rings. The van der Waals surface area contributed by atoms with Crippen LogP contribution < -0.4 is 15.0 Å². The van der Waals surface area contributed by atoms with Crippen LogP contribution >= 0.6 is 0 Å². The molecule has 2 aromatic heterocycles. The first-order valence-electron chi connectivity index (χ1n) is 10.3. The number of imidazole rings is 1. The fourth-order valence-electron chi connectivity index (χ4n) is 3.90. The van der Waals surface area contributed by atoms with Gasteiger partial charge in [0.15, 0.2) is 0 Å². The average Bonchev–Trinajstić information content (AvgIpc) is 3.51. The lowest BCUT2D eigenvalue weighted by molar-refractivity contribution is -0.121. The maximum absolute atomic E-state index is 12.8. The average molecular weight is 444 g/mol. The second kappa shape index (κ2) is 7.90. The summed E-state index contributed by atoms with van der Waals surface area (Å²) in [6, 6.07) is 10.0. The number of aromatic amines is 1. The Labute approximate surface area is 188 Å². The SMILES string of the molecule is COc1ccc(-c2cnn(C)c2)c2nc(NC(=O)c3ccc(N4C(=O)CCC4=O)cc3)[nH]c12. The molecule has 33 heavy (non-hydrogen) atoms. The number of hydrogen-bond acceptors (Lipinski definition) is 6. The zero-order chi connectivity index (χ0) is 23.1.